The monoisotopic (exact) mass is 329 g/mol. The quantitative estimate of drug-likeness (QED) is 0.920. The summed E-state index contributed by atoms with van der Waals surface area (Å²) in [5.41, 5.74) is 2.33. The number of aromatic nitrogens is 2. The number of benzene rings is 1. The number of H-pyrrole nitrogens is 1. The number of carbonyl (C=O) groups excluding carboxylic acids is 1. The minimum Gasteiger partial charge on any atom is -0.334 e. The lowest BCUT2D eigenvalue weighted by Crippen LogP contribution is -2.42. The molecule has 5 heteroatoms. The molecule has 1 aromatic carbocycles. The zero-order chi connectivity index (χ0) is 15.8. The molecule has 4 rings (SSSR count). The van der Waals surface area contributed by atoms with Gasteiger partial charge in [0.05, 0.1) is 5.69 Å². The molecule has 2 fully saturated rings. The summed E-state index contributed by atoms with van der Waals surface area (Å²) in [6.07, 6.45) is 6.12. The van der Waals surface area contributed by atoms with Crippen LogP contribution in [0.15, 0.2) is 30.3 Å². The first-order valence-corrected chi connectivity index (χ1v) is 8.72. The Morgan fingerprint density at radius 2 is 1.96 bits per heavy atom. The molecule has 1 aromatic heterocycles. The molecule has 2 heterocycles. The molecule has 0 spiro atoms. The first-order valence-electron chi connectivity index (χ1n) is 8.35. The van der Waals surface area contributed by atoms with Crippen LogP contribution in [0.3, 0.4) is 0 Å². The standard InChI is InChI=1S/C18H20ClN3O/c19-14-8-6-12(7-9-14)15-11-16(21-20-15)18(23)22-10-2-5-17(22)13-3-1-4-13/h6-9,11,13,17H,1-5,10H2,(H,20,21). The third-order valence-electron chi connectivity index (χ3n) is 5.20. The number of nitrogens with zero attached hydrogens (tertiary/aromatic N) is 2. The molecule has 23 heavy (non-hydrogen) atoms. The number of aromatic amines is 1. The predicted octanol–water partition coefficient (Wildman–Crippen LogP) is 4.13. The second-order valence-corrected chi connectivity index (χ2v) is 7.01. The molecule has 1 N–H and O–H groups in total. The van der Waals surface area contributed by atoms with Crippen molar-refractivity contribution in [3.63, 3.8) is 0 Å². The van der Waals surface area contributed by atoms with E-state index in [9.17, 15) is 4.79 Å². The van der Waals surface area contributed by atoms with Crippen molar-refractivity contribution in [1.29, 1.82) is 0 Å². The minimum absolute atomic E-state index is 0.0899. The van der Waals surface area contributed by atoms with Gasteiger partial charge in [-0.2, -0.15) is 5.10 Å². The van der Waals surface area contributed by atoms with Gasteiger partial charge in [-0.3, -0.25) is 9.89 Å². The van der Waals surface area contributed by atoms with E-state index < -0.39 is 0 Å². The number of hydrogen-bond acceptors (Lipinski definition) is 2. The van der Waals surface area contributed by atoms with Crippen LogP contribution in [0.25, 0.3) is 11.3 Å². The lowest BCUT2D eigenvalue weighted by Gasteiger charge is -2.36. The van der Waals surface area contributed by atoms with Gasteiger partial charge in [0.25, 0.3) is 5.91 Å². The summed E-state index contributed by atoms with van der Waals surface area (Å²) >= 11 is 5.92. The van der Waals surface area contributed by atoms with Crippen LogP contribution in [0.5, 0.6) is 0 Å². The third-order valence-corrected chi connectivity index (χ3v) is 5.45. The average molecular weight is 330 g/mol. The largest absolute Gasteiger partial charge is 0.334 e. The molecule has 4 nitrogen and oxygen atoms in total. The van der Waals surface area contributed by atoms with Crippen molar-refractivity contribution in [3.8, 4) is 11.3 Å². The number of amides is 1. The summed E-state index contributed by atoms with van der Waals surface area (Å²) in [6.45, 7) is 0.870. The third kappa shape index (κ3) is 2.76. The van der Waals surface area contributed by atoms with Gasteiger partial charge in [0.15, 0.2) is 0 Å². The van der Waals surface area contributed by atoms with E-state index in [0.717, 1.165) is 30.6 Å². The Bertz CT molecular complexity index is 705. The number of rotatable bonds is 3. The number of halogens is 1. The lowest BCUT2D eigenvalue weighted by molar-refractivity contribution is 0.0620. The molecule has 0 bridgehead atoms. The highest BCUT2D eigenvalue weighted by Crippen LogP contribution is 2.37. The van der Waals surface area contributed by atoms with E-state index in [4.69, 9.17) is 11.6 Å². The fourth-order valence-electron chi connectivity index (χ4n) is 3.71. The van der Waals surface area contributed by atoms with Gasteiger partial charge in [0.1, 0.15) is 5.69 Å². The Morgan fingerprint density at radius 3 is 2.65 bits per heavy atom. The molecular weight excluding hydrogens is 310 g/mol. The highest BCUT2D eigenvalue weighted by atomic mass is 35.5. The number of carbonyl (C=O) groups is 1. The van der Waals surface area contributed by atoms with Crippen LogP contribution in [0.4, 0.5) is 0 Å². The first kappa shape index (κ1) is 14.8. The Morgan fingerprint density at radius 1 is 1.17 bits per heavy atom. The maximum atomic E-state index is 12.8. The number of likely N-dealkylation sites (tertiary alicyclic amines) is 1. The van der Waals surface area contributed by atoms with Crippen LogP contribution < -0.4 is 0 Å². The molecule has 2 aliphatic rings. The molecule has 1 aliphatic carbocycles. The van der Waals surface area contributed by atoms with E-state index in [1.165, 1.54) is 19.3 Å². The van der Waals surface area contributed by atoms with Gasteiger partial charge in [0.2, 0.25) is 0 Å². The molecule has 1 saturated carbocycles. The van der Waals surface area contributed by atoms with Gasteiger partial charge in [-0.1, -0.05) is 30.2 Å². The van der Waals surface area contributed by atoms with Crippen molar-refractivity contribution in [2.24, 2.45) is 5.92 Å². The summed E-state index contributed by atoms with van der Waals surface area (Å²) in [7, 11) is 0. The molecule has 1 unspecified atom stereocenters. The van der Waals surface area contributed by atoms with Gasteiger partial charge < -0.3 is 4.90 Å². The fraction of sp³-hybridized carbons (Fsp3) is 0.444. The smallest absolute Gasteiger partial charge is 0.272 e. The van der Waals surface area contributed by atoms with Crippen molar-refractivity contribution >= 4 is 17.5 Å². The van der Waals surface area contributed by atoms with Crippen LogP contribution in [-0.4, -0.2) is 33.6 Å². The predicted molar refractivity (Wildman–Crippen MR) is 90.4 cm³/mol. The molecular formula is C18H20ClN3O. The van der Waals surface area contributed by atoms with E-state index in [-0.39, 0.29) is 5.91 Å². The van der Waals surface area contributed by atoms with Crippen molar-refractivity contribution in [2.75, 3.05) is 6.54 Å². The molecule has 2 aromatic rings. The summed E-state index contributed by atoms with van der Waals surface area (Å²) < 4.78 is 0. The van der Waals surface area contributed by atoms with Crippen LogP contribution in [0, 0.1) is 5.92 Å². The summed E-state index contributed by atoms with van der Waals surface area (Å²) in [6, 6.07) is 9.78. The van der Waals surface area contributed by atoms with Crippen molar-refractivity contribution in [2.45, 2.75) is 38.1 Å². The maximum absolute atomic E-state index is 12.8. The topological polar surface area (TPSA) is 49.0 Å². The molecule has 1 saturated heterocycles. The molecule has 1 aliphatic heterocycles. The SMILES string of the molecule is O=C(c1cc(-c2ccc(Cl)cc2)n[nH]1)N1CCCC1C1CCC1. The zero-order valence-electron chi connectivity index (χ0n) is 13.0. The Labute approximate surface area is 140 Å². The van der Waals surface area contributed by atoms with Crippen molar-refractivity contribution in [3.05, 3.63) is 41.0 Å². The summed E-state index contributed by atoms with van der Waals surface area (Å²) in [5.74, 6) is 0.798. The van der Waals surface area contributed by atoms with E-state index in [2.05, 4.69) is 15.1 Å². The second-order valence-electron chi connectivity index (χ2n) is 6.57. The van der Waals surface area contributed by atoms with E-state index in [1.807, 2.05) is 30.3 Å². The van der Waals surface area contributed by atoms with Crippen LogP contribution in [0.2, 0.25) is 5.02 Å². The van der Waals surface area contributed by atoms with Gasteiger partial charge >= 0.3 is 0 Å². The van der Waals surface area contributed by atoms with Crippen LogP contribution >= 0.6 is 11.6 Å². The zero-order valence-corrected chi connectivity index (χ0v) is 13.7. The number of nitrogens with one attached hydrogen (secondary N) is 1. The maximum Gasteiger partial charge on any atom is 0.272 e. The van der Waals surface area contributed by atoms with Crippen LogP contribution in [0.1, 0.15) is 42.6 Å². The van der Waals surface area contributed by atoms with Crippen molar-refractivity contribution < 1.29 is 4.79 Å². The van der Waals surface area contributed by atoms with Crippen molar-refractivity contribution in [1.82, 2.24) is 15.1 Å². The number of hydrogen-bond donors (Lipinski definition) is 1. The first-order chi connectivity index (χ1) is 11.2. The van der Waals surface area contributed by atoms with Gasteiger partial charge in [-0.25, -0.2) is 0 Å². The van der Waals surface area contributed by atoms with E-state index >= 15 is 0 Å². The normalized spacial score (nSPS) is 21.4. The van der Waals surface area contributed by atoms with Gasteiger partial charge in [-0.05, 0) is 49.8 Å². The average Bonchev–Trinajstić information content (AvgIpc) is 3.15. The fourth-order valence-corrected chi connectivity index (χ4v) is 3.84. The van der Waals surface area contributed by atoms with E-state index in [0.29, 0.717) is 22.7 Å². The summed E-state index contributed by atoms with van der Waals surface area (Å²) in [4.78, 5) is 14.9. The summed E-state index contributed by atoms with van der Waals surface area (Å²) in [5, 5.41) is 7.91. The highest BCUT2D eigenvalue weighted by molar-refractivity contribution is 6.30. The second kappa shape index (κ2) is 6.00. The molecule has 1 atom stereocenters. The Balaban J connectivity index is 1.53. The minimum atomic E-state index is 0.0899. The molecule has 1 amide bonds. The lowest BCUT2D eigenvalue weighted by atomic mass is 9.79. The van der Waals surface area contributed by atoms with Crippen LogP contribution in [-0.2, 0) is 0 Å². The highest BCUT2D eigenvalue weighted by Gasteiger charge is 2.37. The van der Waals surface area contributed by atoms with E-state index in [1.54, 1.807) is 0 Å². The Kier molecular flexibility index (Phi) is 3.85. The Hall–Kier alpha value is -1.81. The van der Waals surface area contributed by atoms with Gasteiger partial charge in [-0.15, -0.1) is 0 Å². The molecule has 0 radical (unpaired) electrons. The molecule has 120 valence electrons. The van der Waals surface area contributed by atoms with Gasteiger partial charge in [0, 0.05) is 23.2 Å².